The number of ether oxygens (including phenoxy) is 4. The van der Waals surface area contributed by atoms with Gasteiger partial charge in [0.05, 0.1) is 38.4 Å². The Kier molecular flexibility index (Phi) is 8.74. The van der Waals surface area contributed by atoms with Crippen molar-refractivity contribution in [1.82, 2.24) is 9.21 Å². The van der Waals surface area contributed by atoms with Gasteiger partial charge in [-0.05, 0) is 48.7 Å². The van der Waals surface area contributed by atoms with E-state index in [4.69, 9.17) is 30.5 Å². The fraction of sp³-hybridized carbons (Fsp3) is 0.458. The molecule has 0 bridgehead atoms. The van der Waals surface area contributed by atoms with Crippen LogP contribution in [0.5, 0.6) is 23.0 Å². The molecule has 1 aliphatic rings. The number of hydrogen-bond acceptors (Lipinski definition) is 7. The molecule has 9 nitrogen and oxygen atoms in total. The lowest BCUT2D eigenvalue weighted by Gasteiger charge is -2.32. The second-order valence-corrected chi connectivity index (χ2v) is 10.5. The normalized spacial score (nSPS) is 14.9. The highest BCUT2D eigenvalue weighted by atomic mass is 35.5. The molecule has 1 aliphatic heterocycles. The van der Waals surface area contributed by atoms with Crippen molar-refractivity contribution >= 4 is 27.5 Å². The maximum absolute atomic E-state index is 13.1. The minimum absolute atomic E-state index is 0.0386. The van der Waals surface area contributed by atoms with Crippen LogP contribution in [0.15, 0.2) is 35.2 Å². The zero-order valence-corrected chi connectivity index (χ0v) is 22.1. The van der Waals surface area contributed by atoms with Gasteiger partial charge in [0, 0.05) is 32.6 Å². The number of piperidine rings is 1. The highest BCUT2D eigenvalue weighted by molar-refractivity contribution is 7.89. The molecule has 0 N–H and O–H groups in total. The van der Waals surface area contributed by atoms with E-state index >= 15 is 0 Å². The van der Waals surface area contributed by atoms with E-state index in [9.17, 15) is 13.2 Å². The van der Waals surface area contributed by atoms with Gasteiger partial charge in [-0.25, -0.2) is 8.42 Å². The van der Waals surface area contributed by atoms with E-state index in [1.165, 1.54) is 50.9 Å². The second-order valence-electron chi connectivity index (χ2n) is 8.20. The Morgan fingerprint density at radius 2 is 1.54 bits per heavy atom. The second kappa shape index (κ2) is 11.4. The van der Waals surface area contributed by atoms with Gasteiger partial charge in [0.2, 0.25) is 21.7 Å². The largest absolute Gasteiger partial charge is 0.495 e. The Balaban J connectivity index is 1.65. The molecule has 1 amide bonds. The first kappa shape index (κ1) is 26.9. The van der Waals surface area contributed by atoms with Gasteiger partial charge in [-0.3, -0.25) is 4.79 Å². The van der Waals surface area contributed by atoms with Crippen LogP contribution in [-0.2, 0) is 21.4 Å². The molecule has 1 fully saturated rings. The molecule has 35 heavy (non-hydrogen) atoms. The van der Waals surface area contributed by atoms with E-state index in [-0.39, 0.29) is 34.8 Å². The summed E-state index contributed by atoms with van der Waals surface area (Å²) >= 11 is 6.11. The molecule has 2 aromatic rings. The molecule has 11 heteroatoms. The zero-order chi connectivity index (χ0) is 25.8. The maximum Gasteiger partial charge on any atom is 0.243 e. The standard InChI is InChI=1S/C24H31ClN2O7S/c1-26(15-16-12-21(32-3)23(34-5)22(13-16)33-4)24(28)17-8-10-27(11-9-17)35(29,30)18-6-7-20(31-2)19(25)14-18/h6-7,12-14,17H,8-11,15H2,1-5H3. The topological polar surface area (TPSA) is 94.6 Å². The number of carbonyl (C=O) groups excluding carboxylic acids is 1. The summed E-state index contributed by atoms with van der Waals surface area (Å²) in [6, 6.07) is 8.00. The number of sulfonamides is 1. The molecule has 3 rings (SSSR count). The monoisotopic (exact) mass is 526 g/mol. The van der Waals surface area contributed by atoms with Crippen molar-refractivity contribution < 1.29 is 32.2 Å². The third-order valence-electron chi connectivity index (χ3n) is 6.08. The first-order valence-corrected chi connectivity index (χ1v) is 12.9. The zero-order valence-electron chi connectivity index (χ0n) is 20.5. The SMILES string of the molecule is COc1ccc(S(=O)(=O)N2CCC(C(=O)N(C)Cc3cc(OC)c(OC)c(OC)c3)CC2)cc1Cl. The van der Waals surface area contributed by atoms with Gasteiger partial charge >= 0.3 is 0 Å². The van der Waals surface area contributed by atoms with Crippen LogP contribution in [0.25, 0.3) is 0 Å². The Morgan fingerprint density at radius 1 is 0.971 bits per heavy atom. The van der Waals surface area contributed by atoms with Crippen molar-refractivity contribution in [2.75, 3.05) is 48.6 Å². The number of rotatable bonds is 9. The van der Waals surface area contributed by atoms with Crippen LogP contribution in [0.2, 0.25) is 5.02 Å². The summed E-state index contributed by atoms with van der Waals surface area (Å²) in [6.45, 7) is 0.846. The maximum atomic E-state index is 13.1. The number of nitrogens with zero attached hydrogens (tertiary/aromatic N) is 2. The van der Waals surface area contributed by atoms with Crippen LogP contribution >= 0.6 is 11.6 Å². The van der Waals surface area contributed by atoms with Gasteiger partial charge in [-0.1, -0.05) is 11.6 Å². The molecule has 1 saturated heterocycles. The minimum atomic E-state index is -3.72. The van der Waals surface area contributed by atoms with Crippen molar-refractivity contribution in [3.05, 3.63) is 40.9 Å². The molecule has 2 aromatic carbocycles. The van der Waals surface area contributed by atoms with E-state index in [0.29, 0.717) is 42.4 Å². The summed E-state index contributed by atoms with van der Waals surface area (Å²) in [6.07, 6.45) is 0.864. The van der Waals surface area contributed by atoms with E-state index < -0.39 is 10.0 Å². The predicted molar refractivity (Wildman–Crippen MR) is 132 cm³/mol. The van der Waals surface area contributed by atoms with E-state index in [0.717, 1.165) is 5.56 Å². The van der Waals surface area contributed by atoms with Crippen LogP contribution in [0.1, 0.15) is 18.4 Å². The molecule has 0 aromatic heterocycles. The number of halogens is 1. The lowest BCUT2D eigenvalue weighted by molar-refractivity contribution is -0.135. The van der Waals surface area contributed by atoms with Gasteiger partial charge in [-0.2, -0.15) is 4.31 Å². The lowest BCUT2D eigenvalue weighted by atomic mass is 9.96. The molecule has 0 saturated carbocycles. The number of amides is 1. The van der Waals surface area contributed by atoms with Crippen LogP contribution < -0.4 is 18.9 Å². The van der Waals surface area contributed by atoms with Gasteiger partial charge in [0.1, 0.15) is 5.75 Å². The highest BCUT2D eigenvalue weighted by Gasteiger charge is 2.33. The van der Waals surface area contributed by atoms with Gasteiger partial charge in [0.25, 0.3) is 0 Å². The molecular weight excluding hydrogens is 496 g/mol. The number of methoxy groups -OCH3 is 4. The fourth-order valence-corrected chi connectivity index (χ4v) is 6.01. The van der Waals surface area contributed by atoms with Gasteiger partial charge in [0.15, 0.2) is 11.5 Å². The Morgan fingerprint density at radius 3 is 2.03 bits per heavy atom. The highest BCUT2D eigenvalue weighted by Crippen LogP contribution is 2.38. The summed E-state index contributed by atoms with van der Waals surface area (Å²) < 4.78 is 48.8. The van der Waals surface area contributed by atoms with Crippen LogP contribution in [0.4, 0.5) is 0 Å². The summed E-state index contributed by atoms with van der Waals surface area (Å²) in [4.78, 5) is 14.9. The van der Waals surface area contributed by atoms with Crippen molar-refractivity contribution in [2.24, 2.45) is 5.92 Å². The average molecular weight is 527 g/mol. The summed E-state index contributed by atoms with van der Waals surface area (Å²) in [5, 5.41) is 0.229. The Hall–Kier alpha value is -2.69. The van der Waals surface area contributed by atoms with E-state index in [1.54, 1.807) is 24.1 Å². The fourth-order valence-electron chi connectivity index (χ4n) is 4.19. The Labute approximate surface area is 211 Å². The van der Waals surface area contributed by atoms with Gasteiger partial charge in [-0.15, -0.1) is 0 Å². The van der Waals surface area contributed by atoms with Crippen molar-refractivity contribution in [3.8, 4) is 23.0 Å². The molecule has 0 radical (unpaired) electrons. The predicted octanol–water partition coefficient (Wildman–Crippen LogP) is 3.43. The smallest absolute Gasteiger partial charge is 0.243 e. The number of hydrogen-bond donors (Lipinski definition) is 0. The van der Waals surface area contributed by atoms with Crippen molar-refractivity contribution in [2.45, 2.75) is 24.3 Å². The van der Waals surface area contributed by atoms with Crippen LogP contribution in [0, 0.1) is 5.92 Å². The van der Waals surface area contributed by atoms with E-state index in [1.807, 2.05) is 0 Å². The first-order valence-electron chi connectivity index (χ1n) is 11.0. The minimum Gasteiger partial charge on any atom is -0.495 e. The quantitative estimate of drug-likeness (QED) is 0.494. The van der Waals surface area contributed by atoms with Gasteiger partial charge < -0.3 is 23.8 Å². The molecule has 0 unspecified atom stereocenters. The first-order chi connectivity index (χ1) is 16.7. The molecular formula is C24H31ClN2O7S. The van der Waals surface area contributed by atoms with Crippen LogP contribution in [0.3, 0.4) is 0 Å². The summed E-state index contributed by atoms with van der Waals surface area (Å²) in [5.41, 5.74) is 0.826. The lowest BCUT2D eigenvalue weighted by Crippen LogP contribution is -2.43. The van der Waals surface area contributed by atoms with Crippen molar-refractivity contribution in [1.29, 1.82) is 0 Å². The molecule has 0 spiro atoms. The number of benzene rings is 2. The van der Waals surface area contributed by atoms with Crippen molar-refractivity contribution in [3.63, 3.8) is 0 Å². The molecule has 1 heterocycles. The average Bonchev–Trinajstić information content (AvgIpc) is 2.87. The Bertz CT molecular complexity index is 1140. The molecule has 192 valence electrons. The van der Waals surface area contributed by atoms with Crippen LogP contribution in [-0.4, -0.2) is 72.1 Å². The summed E-state index contributed by atoms with van der Waals surface area (Å²) in [5.74, 6) is 1.61. The molecule has 0 aliphatic carbocycles. The third-order valence-corrected chi connectivity index (χ3v) is 8.27. The van der Waals surface area contributed by atoms with E-state index in [2.05, 4.69) is 0 Å². The molecule has 0 atom stereocenters. The number of carbonyl (C=O) groups is 1. The third kappa shape index (κ3) is 5.76. The summed E-state index contributed by atoms with van der Waals surface area (Å²) in [7, 11) is 4.09.